The number of nitrogen functional groups attached to an aromatic ring is 1. The van der Waals surface area contributed by atoms with Crippen LogP contribution in [0.1, 0.15) is 0 Å². The highest BCUT2D eigenvalue weighted by molar-refractivity contribution is 6.31. The Morgan fingerprint density at radius 3 is 2.88 bits per heavy atom. The van der Waals surface area contributed by atoms with Crippen LogP contribution in [0.15, 0.2) is 35.0 Å². The van der Waals surface area contributed by atoms with Gasteiger partial charge in [0.15, 0.2) is 11.6 Å². The molecule has 0 fully saturated rings. The lowest BCUT2D eigenvalue weighted by atomic mass is 10.1. The summed E-state index contributed by atoms with van der Waals surface area (Å²) < 4.78 is 7.19. The lowest BCUT2D eigenvalue weighted by Crippen LogP contribution is -1.82. The van der Waals surface area contributed by atoms with Gasteiger partial charge in [0.2, 0.25) is 0 Å². The van der Waals surface area contributed by atoms with E-state index in [4.69, 9.17) is 21.9 Å². The Labute approximate surface area is 103 Å². The first-order valence-corrected chi connectivity index (χ1v) is 5.50. The van der Waals surface area contributed by atoms with E-state index in [9.17, 15) is 0 Å². The molecule has 3 rings (SSSR count). The molecule has 0 atom stereocenters. The summed E-state index contributed by atoms with van der Waals surface area (Å²) in [7, 11) is 1.97. The summed E-state index contributed by atoms with van der Waals surface area (Å²) >= 11 is 6.01. The van der Waals surface area contributed by atoms with Crippen molar-refractivity contribution in [1.82, 2.24) is 9.72 Å². The molecular formula is C12H10ClN3O. The van der Waals surface area contributed by atoms with Crippen LogP contribution in [0.5, 0.6) is 0 Å². The highest BCUT2D eigenvalue weighted by Crippen LogP contribution is 2.32. The standard InChI is InChI=1S/C12H10ClN3O/c1-16-6-9(11-5-12(14)15-17-11)8-4-7(13)2-3-10(8)16/h2-6H,1H3,(H2,14,15). The first-order chi connectivity index (χ1) is 8.15. The Morgan fingerprint density at radius 1 is 1.35 bits per heavy atom. The van der Waals surface area contributed by atoms with Gasteiger partial charge in [-0.3, -0.25) is 0 Å². The van der Waals surface area contributed by atoms with Crippen molar-refractivity contribution >= 4 is 28.3 Å². The molecule has 2 heterocycles. The first kappa shape index (κ1) is 10.2. The van der Waals surface area contributed by atoms with Crippen molar-refractivity contribution in [1.29, 1.82) is 0 Å². The third-order valence-corrected chi connectivity index (χ3v) is 2.98. The summed E-state index contributed by atoms with van der Waals surface area (Å²) in [5, 5.41) is 5.41. The van der Waals surface area contributed by atoms with Crippen LogP contribution in [-0.4, -0.2) is 9.72 Å². The van der Waals surface area contributed by atoms with Crippen LogP contribution < -0.4 is 5.73 Å². The number of halogens is 1. The minimum Gasteiger partial charge on any atom is -0.381 e. The third kappa shape index (κ3) is 1.57. The fourth-order valence-electron chi connectivity index (χ4n) is 1.98. The minimum absolute atomic E-state index is 0.374. The monoisotopic (exact) mass is 247 g/mol. The van der Waals surface area contributed by atoms with Crippen LogP contribution in [0.25, 0.3) is 22.2 Å². The zero-order valence-corrected chi connectivity index (χ0v) is 9.90. The molecule has 86 valence electrons. The summed E-state index contributed by atoms with van der Waals surface area (Å²) in [5.41, 5.74) is 7.58. The van der Waals surface area contributed by atoms with E-state index in [1.165, 1.54) is 0 Å². The zero-order chi connectivity index (χ0) is 12.0. The van der Waals surface area contributed by atoms with E-state index in [0.29, 0.717) is 16.6 Å². The van der Waals surface area contributed by atoms with Crippen LogP contribution in [0.4, 0.5) is 5.82 Å². The predicted molar refractivity (Wildman–Crippen MR) is 67.8 cm³/mol. The normalized spacial score (nSPS) is 11.2. The van der Waals surface area contributed by atoms with E-state index in [-0.39, 0.29) is 0 Å². The molecule has 0 unspecified atom stereocenters. The zero-order valence-electron chi connectivity index (χ0n) is 9.14. The predicted octanol–water partition coefficient (Wildman–Crippen LogP) is 3.07. The molecule has 0 aliphatic carbocycles. The smallest absolute Gasteiger partial charge is 0.171 e. The van der Waals surface area contributed by atoms with Gasteiger partial charge in [0, 0.05) is 40.8 Å². The molecule has 4 nitrogen and oxygen atoms in total. The molecule has 0 saturated carbocycles. The Balaban J connectivity index is 2.33. The van der Waals surface area contributed by atoms with Gasteiger partial charge < -0.3 is 14.8 Å². The van der Waals surface area contributed by atoms with Gasteiger partial charge >= 0.3 is 0 Å². The molecule has 0 saturated heterocycles. The fraction of sp³-hybridized carbons (Fsp3) is 0.0833. The molecule has 1 aromatic carbocycles. The van der Waals surface area contributed by atoms with Crippen molar-refractivity contribution < 1.29 is 4.52 Å². The van der Waals surface area contributed by atoms with E-state index >= 15 is 0 Å². The average Bonchev–Trinajstić information content (AvgIpc) is 2.83. The van der Waals surface area contributed by atoms with E-state index in [1.807, 2.05) is 36.0 Å². The Morgan fingerprint density at radius 2 is 2.18 bits per heavy atom. The fourth-order valence-corrected chi connectivity index (χ4v) is 2.15. The molecule has 17 heavy (non-hydrogen) atoms. The maximum absolute atomic E-state index is 6.01. The van der Waals surface area contributed by atoms with E-state index in [2.05, 4.69) is 5.16 Å². The molecule has 0 spiro atoms. The van der Waals surface area contributed by atoms with Gasteiger partial charge in [0.1, 0.15) is 0 Å². The molecule has 0 aliphatic rings. The van der Waals surface area contributed by atoms with Crippen LogP contribution in [0.3, 0.4) is 0 Å². The van der Waals surface area contributed by atoms with Crippen molar-refractivity contribution in [3.63, 3.8) is 0 Å². The van der Waals surface area contributed by atoms with Crippen LogP contribution in [0, 0.1) is 0 Å². The number of fused-ring (bicyclic) bond motifs is 1. The van der Waals surface area contributed by atoms with Crippen molar-refractivity contribution in [3.05, 3.63) is 35.5 Å². The second-order valence-corrected chi connectivity index (χ2v) is 4.37. The first-order valence-electron chi connectivity index (χ1n) is 5.12. The number of hydrogen-bond acceptors (Lipinski definition) is 3. The topological polar surface area (TPSA) is 57.0 Å². The Bertz CT molecular complexity index is 699. The summed E-state index contributed by atoms with van der Waals surface area (Å²) in [5.74, 6) is 1.02. The van der Waals surface area contributed by atoms with Gasteiger partial charge in [-0.15, -0.1) is 0 Å². The van der Waals surface area contributed by atoms with Crippen molar-refractivity contribution in [2.24, 2.45) is 7.05 Å². The summed E-state index contributed by atoms with van der Waals surface area (Å²) in [6.45, 7) is 0. The number of aromatic nitrogens is 2. The third-order valence-electron chi connectivity index (χ3n) is 2.75. The minimum atomic E-state index is 0.374. The number of benzene rings is 1. The molecule has 5 heteroatoms. The van der Waals surface area contributed by atoms with Crippen molar-refractivity contribution in [2.75, 3.05) is 5.73 Å². The number of aryl methyl sites for hydroxylation is 1. The highest BCUT2D eigenvalue weighted by Gasteiger charge is 2.12. The maximum Gasteiger partial charge on any atom is 0.171 e. The quantitative estimate of drug-likeness (QED) is 0.719. The molecular weight excluding hydrogens is 238 g/mol. The molecule has 0 radical (unpaired) electrons. The van der Waals surface area contributed by atoms with Gasteiger partial charge in [-0.1, -0.05) is 16.8 Å². The molecule has 3 aromatic rings. The number of anilines is 1. The van der Waals surface area contributed by atoms with E-state index in [1.54, 1.807) is 6.07 Å². The van der Waals surface area contributed by atoms with Gasteiger partial charge in [0.05, 0.1) is 0 Å². The molecule has 2 aromatic heterocycles. The summed E-state index contributed by atoms with van der Waals surface area (Å²) in [4.78, 5) is 0. The Kier molecular flexibility index (Phi) is 2.12. The van der Waals surface area contributed by atoms with E-state index < -0.39 is 0 Å². The van der Waals surface area contributed by atoms with Crippen LogP contribution in [-0.2, 0) is 7.05 Å². The molecule has 0 amide bonds. The second-order valence-electron chi connectivity index (χ2n) is 3.93. The number of nitrogens with two attached hydrogens (primary N) is 1. The van der Waals surface area contributed by atoms with Gasteiger partial charge in [-0.05, 0) is 18.2 Å². The lowest BCUT2D eigenvalue weighted by molar-refractivity contribution is 0.436. The highest BCUT2D eigenvalue weighted by atomic mass is 35.5. The number of hydrogen-bond donors (Lipinski definition) is 1. The largest absolute Gasteiger partial charge is 0.381 e. The SMILES string of the molecule is Cn1cc(-c2cc(N)no2)c2cc(Cl)ccc21. The molecule has 2 N–H and O–H groups in total. The number of rotatable bonds is 1. The van der Waals surface area contributed by atoms with Crippen molar-refractivity contribution in [2.45, 2.75) is 0 Å². The van der Waals surface area contributed by atoms with Crippen LogP contribution >= 0.6 is 11.6 Å². The molecule has 0 bridgehead atoms. The van der Waals surface area contributed by atoms with Crippen molar-refractivity contribution in [3.8, 4) is 11.3 Å². The summed E-state index contributed by atoms with van der Waals surface area (Å²) in [6, 6.07) is 7.45. The van der Waals surface area contributed by atoms with Gasteiger partial charge in [0.25, 0.3) is 0 Å². The van der Waals surface area contributed by atoms with Gasteiger partial charge in [-0.25, -0.2) is 0 Å². The number of nitrogens with zero attached hydrogens (tertiary/aromatic N) is 2. The molecule has 0 aliphatic heterocycles. The van der Waals surface area contributed by atoms with Gasteiger partial charge in [-0.2, -0.15) is 0 Å². The second kappa shape index (κ2) is 3.53. The van der Waals surface area contributed by atoms with Crippen LogP contribution in [0.2, 0.25) is 5.02 Å². The average molecular weight is 248 g/mol. The Hall–Kier alpha value is -1.94. The maximum atomic E-state index is 6.01. The summed E-state index contributed by atoms with van der Waals surface area (Å²) in [6.07, 6.45) is 1.97. The lowest BCUT2D eigenvalue weighted by Gasteiger charge is -1.96. The van der Waals surface area contributed by atoms with E-state index in [0.717, 1.165) is 16.5 Å².